The van der Waals surface area contributed by atoms with Gasteiger partial charge in [-0.05, 0) is 62.8 Å². The van der Waals surface area contributed by atoms with Gasteiger partial charge in [0.1, 0.15) is 12.1 Å². The van der Waals surface area contributed by atoms with Crippen molar-refractivity contribution in [2.24, 2.45) is 5.92 Å². The van der Waals surface area contributed by atoms with E-state index in [0.29, 0.717) is 29.6 Å². The monoisotopic (exact) mass is 429 g/mol. The highest BCUT2D eigenvalue weighted by molar-refractivity contribution is 5.91. The van der Waals surface area contributed by atoms with Gasteiger partial charge in [-0.15, -0.1) is 0 Å². The Labute approximate surface area is 186 Å². The van der Waals surface area contributed by atoms with Gasteiger partial charge in [0.25, 0.3) is 0 Å². The van der Waals surface area contributed by atoms with Gasteiger partial charge in [-0.3, -0.25) is 4.79 Å². The third-order valence-electron chi connectivity index (χ3n) is 6.33. The molecular weight excluding hydrogens is 402 g/mol. The molecule has 0 saturated heterocycles. The summed E-state index contributed by atoms with van der Waals surface area (Å²) in [5.74, 6) is 1.71. The van der Waals surface area contributed by atoms with Crippen LogP contribution in [0.5, 0.6) is 0 Å². The van der Waals surface area contributed by atoms with Crippen LogP contribution in [0.1, 0.15) is 48.9 Å². The average molecular weight is 430 g/mol. The first-order valence-corrected chi connectivity index (χ1v) is 11.1. The van der Waals surface area contributed by atoms with Crippen molar-refractivity contribution in [3.8, 4) is 11.5 Å². The van der Waals surface area contributed by atoms with Gasteiger partial charge >= 0.3 is 0 Å². The lowest BCUT2D eigenvalue weighted by Crippen LogP contribution is -2.18. The van der Waals surface area contributed by atoms with Crippen LogP contribution in [0.15, 0.2) is 36.8 Å². The SMILES string of the molecule is Cc1cc(NC(=O)CC2CCCC2)n(-c2ncnc3c2cnn3-c2ccc(C)c(C)c2)n1. The first kappa shape index (κ1) is 20.4. The summed E-state index contributed by atoms with van der Waals surface area (Å²) in [6.45, 7) is 6.07. The molecule has 0 aliphatic heterocycles. The Bertz CT molecular complexity index is 1300. The van der Waals surface area contributed by atoms with E-state index in [4.69, 9.17) is 0 Å². The molecule has 1 N–H and O–H groups in total. The quantitative estimate of drug-likeness (QED) is 0.506. The molecular formula is C24H27N7O. The number of hydrogen-bond donors (Lipinski definition) is 1. The van der Waals surface area contributed by atoms with Crippen molar-refractivity contribution in [3.63, 3.8) is 0 Å². The summed E-state index contributed by atoms with van der Waals surface area (Å²) in [5, 5.41) is 13.0. The molecule has 1 aliphatic rings. The third-order valence-corrected chi connectivity index (χ3v) is 6.33. The number of nitrogens with one attached hydrogen (secondary N) is 1. The van der Waals surface area contributed by atoms with E-state index in [1.54, 1.807) is 10.9 Å². The van der Waals surface area contributed by atoms with Gasteiger partial charge < -0.3 is 5.32 Å². The maximum Gasteiger partial charge on any atom is 0.225 e. The van der Waals surface area contributed by atoms with Crippen molar-refractivity contribution in [1.29, 1.82) is 0 Å². The van der Waals surface area contributed by atoms with Crippen LogP contribution < -0.4 is 5.32 Å². The molecule has 8 nitrogen and oxygen atoms in total. The molecule has 1 aromatic carbocycles. The highest BCUT2D eigenvalue weighted by atomic mass is 16.1. The number of carbonyl (C=O) groups excluding carboxylic acids is 1. The highest BCUT2D eigenvalue weighted by Crippen LogP contribution is 2.29. The first-order valence-electron chi connectivity index (χ1n) is 11.1. The highest BCUT2D eigenvalue weighted by Gasteiger charge is 2.21. The Morgan fingerprint density at radius 2 is 1.88 bits per heavy atom. The van der Waals surface area contributed by atoms with E-state index in [2.05, 4.69) is 51.5 Å². The van der Waals surface area contributed by atoms with Crippen LogP contribution in [0, 0.1) is 26.7 Å². The minimum atomic E-state index is 0.0224. The molecule has 4 aromatic rings. The van der Waals surface area contributed by atoms with Crippen molar-refractivity contribution in [2.75, 3.05) is 5.32 Å². The zero-order valence-corrected chi connectivity index (χ0v) is 18.7. The van der Waals surface area contributed by atoms with E-state index in [1.807, 2.05) is 23.7 Å². The summed E-state index contributed by atoms with van der Waals surface area (Å²) >= 11 is 0. The number of nitrogens with zero attached hydrogens (tertiary/aromatic N) is 6. The van der Waals surface area contributed by atoms with Crippen molar-refractivity contribution in [1.82, 2.24) is 29.5 Å². The second-order valence-electron chi connectivity index (χ2n) is 8.75. The van der Waals surface area contributed by atoms with Crippen molar-refractivity contribution in [2.45, 2.75) is 52.9 Å². The molecule has 1 aliphatic carbocycles. The summed E-state index contributed by atoms with van der Waals surface area (Å²) in [4.78, 5) is 21.6. The van der Waals surface area contributed by atoms with Crippen LogP contribution in [0.25, 0.3) is 22.5 Å². The molecule has 1 saturated carbocycles. The lowest BCUT2D eigenvalue weighted by atomic mass is 10.0. The normalized spacial score (nSPS) is 14.3. The molecule has 0 radical (unpaired) electrons. The van der Waals surface area contributed by atoms with E-state index < -0.39 is 0 Å². The van der Waals surface area contributed by atoms with Gasteiger partial charge in [-0.1, -0.05) is 18.9 Å². The molecule has 3 heterocycles. The number of carbonyl (C=O) groups is 1. The van der Waals surface area contributed by atoms with Crippen molar-refractivity contribution >= 4 is 22.8 Å². The van der Waals surface area contributed by atoms with Crippen LogP contribution in [-0.2, 0) is 4.79 Å². The predicted octanol–water partition coefficient (Wildman–Crippen LogP) is 4.45. The Balaban J connectivity index is 1.51. The number of amides is 1. The maximum atomic E-state index is 12.7. The predicted molar refractivity (Wildman–Crippen MR) is 123 cm³/mol. The molecule has 164 valence electrons. The van der Waals surface area contributed by atoms with Gasteiger partial charge in [0, 0.05) is 12.5 Å². The van der Waals surface area contributed by atoms with E-state index in [0.717, 1.165) is 29.6 Å². The van der Waals surface area contributed by atoms with E-state index in [-0.39, 0.29) is 5.91 Å². The van der Waals surface area contributed by atoms with Crippen LogP contribution in [0.3, 0.4) is 0 Å². The Morgan fingerprint density at radius 3 is 2.66 bits per heavy atom. The van der Waals surface area contributed by atoms with E-state index in [9.17, 15) is 4.79 Å². The van der Waals surface area contributed by atoms with Crippen LogP contribution in [0.4, 0.5) is 5.82 Å². The number of fused-ring (bicyclic) bond motifs is 1. The van der Waals surface area contributed by atoms with Gasteiger partial charge in [0.05, 0.1) is 23.0 Å². The fourth-order valence-electron chi connectivity index (χ4n) is 4.47. The number of rotatable bonds is 5. The second kappa shape index (κ2) is 8.18. The topological polar surface area (TPSA) is 90.5 Å². The minimum Gasteiger partial charge on any atom is -0.311 e. The molecule has 0 unspecified atom stereocenters. The van der Waals surface area contributed by atoms with Crippen molar-refractivity contribution < 1.29 is 4.79 Å². The smallest absolute Gasteiger partial charge is 0.225 e. The minimum absolute atomic E-state index is 0.0224. The fraction of sp³-hybridized carbons (Fsp3) is 0.375. The van der Waals surface area contributed by atoms with E-state index >= 15 is 0 Å². The Kier molecular flexibility index (Phi) is 5.20. The molecule has 5 rings (SSSR count). The average Bonchev–Trinajstić information content (AvgIpc) is 3.50. The molecule has 0 spiro atoms. The zero-order chi connectivity index (χ0) is 22.2. The molecule has 0 atom stereocenters. The number of benzene rings is 1. The Morgan fingerprint density at radius 1 is 1.06 bits per heavy atom. The summed E-state index contributed by atoms with van der Waals surface area (Å²) in [6, 6.07) is 8.07. The van der Waals surface area contributed by atoms with Crippen LogP contribution >= 0.6 is 0 Å². The molecule has 32 heavy (non-hydrogen) atoms. The largest absolute Gasteiger partial charge is 0.311 e. The molecule has 0 bridgehead atoms. The fourth-order valence-corrected chi connectivity index (χ4v) is 4.47. The number of aromatic nitrogens is 6. The van der Waals surface area contributed by atoms with Gasteiger partial charge in [-0.25, -0.2) is 14.6 Å². The number of aryl methyl sites for hydroxylation is 3. The summed E-state index contributed by atoms with van der Waals surface area (Å²) in [7, 11) is 0. The van der Waals surface area contributed by atoms with Crippen LogP contribution in [-0.4, -0.2) is 35.4 Å². The summed E-state index contributed by atoms with van der Waals surface area (Å²) in [6.07, 6.45) is 8.52. The lowest BCUT2D eigenvalue weighted by Gasteiger charge is -2.11. The van der Waals surface area contributed by atoms with Gasteiger partial charge in [0.15, 0.2) is 11.5 Å². The third kappa shape index (κ3) is 3.77. The Hall–Kier alpha value is -3.55. The van der Waals surface area contributed by atoms with Gasteiger partial charge in [-0.2, -0.15) is 14.9 Å². The van der Waals surface area contributed by atoms with Crippen molar-refractivity contribution in [3.05, 3.63) is 53.6 Å². The van der Waals surface area contributed by atoms with Gasteiger partial charge in [0.2, 0.25) is 5.91 Å². The molecule has 1 fully saturated rings. The summed E-state index contributed by atoms with van der Waals surface area (Å²) < 4.78 is 3.49. The lowest BCUT2D eigenvalue weighted by molar-refractivity contribution is -0.117. The standard InChI is InChI=1S/C24H27N7O/c1-15-8-9-19(10-16(15)2)30-23-20(13-27-30)24(26-14-25-23)31-21(11-17(3)29-31)28-22(32)12-18-6-4-5-7-18/h8-11,13-14,18H,4-7,12H2,1-3H3,(H,28,32). The van der Waals surface area contributed by atoms with Crippen LogP contribution in [0.2, 0.25) is 0 Å². The molecule has 1 amide bonds. The zero-order valence-electron chi connectivity index (χ0n) is 18.7. The number of anilines is 1. The first-order chi connectivity index (χ1) is 15.5. The summed E-state index contributed by atoms with van der Waals surface area (Å²) in [5.41, 5.74) is 4.85. The number of hydrogen-bond acceptors (Lipinski definition) is 5. The molecule has 3 aromatic heterocycles. The molecule has 8 heteroatoms. The maximum absolute atomic E-state index is 12.7. The van der Waals surface area contributed by atoms with E-state index in [1.165, 1.54) is 30.3 Å². The second-order valence-corrected chi connectivity index (χ2v) is 8.75.